The smallest absolute Gasteiger partial charge is 0.330 e. The minimum Gasteiger partial charge on any atom is -0.334 e. The molecule has 0 saturated carbocycles. The molecule has 0 N–H and O–H groups in total. The minimum atomic E-state index is -0.675. The lowest BCUT2D eigenvalue weighted by Gasteiger charge is -2.24. The van der Waals surface area contributed by atoms with Crippen molar-refractivity contribution < 1.29 is 28.9 Å². The minimum absolute atomic E-state index is 0.215. The molecular weight excluding hydrogens is 304 g/mol. The molecule has 0 spiro atoms. The third-order valence-corrected chi connectivity index (χ3v) is 2.66. The first kappa shape index (κ1) is 18.1. The average Bonchev–Trinajstić information content (AvgIpc) is 2.42. The van der Waals surface area contributed by atoms with Crippen molar-refractivity contribution in [1.29, 1.82) is 0 Å². The van der Waals surface area contributed by atoms with Crippen LogP contribution in [0.3, 0.4) is 0 Å². The molecule has 0 bridgehead atoms. The highest BCUT2D eigenvalue weighted by molar-refractivity contribution is 5.95. The molecule has 0 atom stereocenters. The fourth-order valence-electron chi connectivity index (χ4n) is 1.78. The molecule has 0 fully saturated rings. The zero-order chi connectivity index (χ0) is 17.7. The zero-order valence-corrected chi connectivity index (χ0v) is 13.6. The van der Waals surface area contributed by atoms with Crippen LogP contribution in [0.15, 0.2) is 18.2 Å². The molecule has 1 rings (SSSR count). The summed E-state index contributed by atoms with van der Waals surface area (Å²) in [5.41, 5.74) is 1.09. The normalized spacial score (nSPS) is 9.78. The lowest BCUT2D eigenvalue weighted by Crippen LogP contribution is -2.33. The van der Waals surface area contributed by atoms with E-state index in [9.17, 15) is 19.2 Å². The van der Waals surface area contributed by atoms with Crippen LogP contribution in [0.25, 0.3) is 0 Å². The van der Waals surface area contributed by atoms with E-state index in [2.05, 4.69) is 0 Å². The molecule has 0 unspecified atom stereocenters. The number of nitrogens with zero attached hydrogens (tertiary/aromatic N) is 2. The highest BCUT2D eigenvalue weighted by Crippen LogP contribution is 2.27. The van der Waals surface area contributed by atoms with Crippen LogP contribution >= 0.6 is 0 Å². The van der Waals surface area contributed by atoms with Gasteiger partial charge < -0.3 is 9.68 Å². The molecule has 0 aliphatic carbocycles. The average molecular weight is 322 g/mol. The topological polar surface area (TPSA) is 93.2 Å². The maximum Gasteiger partial charge on any atom is 0.330 e. The Kier molecular flexibility index (Phi) is 5.83. The standard InChI is InChI=1S/C15H18N2O6/c1-9-6-7-14(16(10(2)18)22-12(4)20)8-15(9)17(11(3)19)23-13(5)21/h6-8H,1-5H3. The van der Waals surface area contributed by atoms with Gasteiger partial charge in [-0.05, 0) is 24.6 Å². The van der Waals surface area contributed by atoms with E-state index in [0.29, 0.717) is 5.56 Å². The number of amides is 2. The van der Waals surface area contributed by atoms with E-state index < -0.39 is 23.8 Å². The number of hydrogen-bond donors (Lipinski definition) is 0. The Hall–Kier alpha value is -2.90. The van der Waals surface area contributed by atoms with Crippen LogP contribution in [-0.4, -0.2) is 23.8 Å². The third-order valence-electron chi connectivity index (χ3n) is 2.66. The van der Waals surface area contributed by atoms with E-state index in [1.807, 2.05) is 0 Å². The van der Waals surface area contributed by atoms with E-state index in [1.54, 1.807) is 13.0 Å². The predicted octanol–water partition coefficient (Wildman–Crippen LogP) is 1.66. The second-order valence-electron chi connectivity index (χ2n) is 4.76. The van der Waals surface area contributed by atoms with E-state index in [1.165, 1.54) is 26.0 Å². The molecule has 124 valence electrons. The lowest BCUT2D eigenvalue weighted by molar-refractivity contribution is -0.147. The first-order valence-electron chi connectivity index (χ1n) is 6.72. The van der Waals surface area contributed by atoms with Crippen LogP contribution in [0.4, 0.5) is 11.4 Å². The van der Waals surface area contributed by atoms with E-state index in [0.717, 1.165) is 24.0 Å². The third kappa shape index (κ3) is 4.80. The largest absolute Gasteiger partial charge is 0.334 e. The van der Waals surface area contributed by atoms with Gasteiger partial charge in [-0.15, -0.1) is 10.1 Å². The summed E-state index contributed by atoms with van der Waals surface area (Å²) in [6.45, 7) is 6.46. The molecule has 23 heavy (non-hydrogen) atoms. The van der Waals surface area contributed by atoms with Crippen molar-refractivity contribution in [3.05, 3.63) is 23.8 Å². The molecule has 0 saturated heterocycles. The number of carbonyl (C=O) groups excluding carboxylic acids is 4. The van der Waals surface area contributed by atoms with Gasteiger partial charge in [-0.1, -0.05) is 6.07 Å². The van der Waals surface area contributed by atoms with Gasteiger partial charge in [0.1, 0.15) is 0 Å². The fraction of sp³-hybridized carbons (Fsp3) is 0.333. The van der Waals surface area contributed by atoms with Crippen LogP contribution in [-0.2, 0) is 28.9 Å². The van der Waals surface area contributed by atoms with Gasteiger partial charge in [0.25, 0.3) is 11.8 Å². The fourth-order valence-corrected chi connectivity index (χ4v) is 1.78. The van der Waals surface area contributed by atoms with Crippen LogP contribution in [0, 0.1) is 6.92 Å². The Morgan fingerprint density at radius 3 is 1.74 bits per heavy atom. The Morgan fingerprint density at radius 1 is 0.826 bits per heavy atom. The molecule has 1 aromatic rings. The summed E-state index contributed by atoms with van der Waals surface area (Å²) in [7, 11) is 0. The lowest BCUT2D eigenvalue weighted by atomic mass is 10.1. The van der Waals surface area contributed by atoms with Crippen molar-refractivity contribution >= 4 is 35.1 Å². The number of rotatable bonds is 2. The first-order chi connectivity index (χ1) is 10.6. The number of hydroxylamine groups is 2. The zero-order valence-electron chi connectivity index (χ0n) is 13.6. The Labute approximate surface area is 133 Å². The van der Waals surface area contributed by atoms with Gasteiger partial charge in [-0.3, -0.25) is 9.59 Å². The SMILES string of the molecule is CC(=O)ON(C(C)=O)c1ccc(C)c(N(OC(C)=O)C(C)=O)c1. The molecule has 0 aromatic heterocycles. The molecule has 1 aromatic carbocycles. The van der Waals surface area contributed by atoms with Gasteiger partial charge in [0.15, 0.2) is 0 Å². The van der Waals surface area contributed by atoms with Crippen molar-refractivity contribution in [3.63, 3.8) is 0 Å². The quantitative estimate of drug-likeness (QED) is 0.769. The van der Waals surface area contributed by atoms with Crippen molar-refractivity contribution in [3.8, 4) is 0 Å². The Morgan fingerprint density at radius 2 is 1.30 bits per heavy atom. The summed E-state index contributed by atoms with van der Waals surface area (Å²) >= 11 is 0. The van der Waals surface area contributed by atoms with Gasteiger partial charge >= 0.3 is 11.9 Å². The summed E-state index contributed by atoms with van der Waals surface area (Å²) in [5, 5.41) is 1.60. The number of benzene rings is 1. The van der Waals surface area contributed by atoms with E-state index in [-0.39, 0.29) is 11.4 Å². The number of aryl methyl sites for hydroxylation is 1. The molecule has 2 amide bonds. The number of hydrogen-bond acceptors (Lipinski definition) is 6. The summed E-state index contributed by atoms with van der Waals surface area (Å²) in [5.74, 6) is -2.40. The summed E-state index contributed by atoms with van der Waals surface area (Å²) < 4.78 is 0. The first-order valence-corrected chi connectivity index (χ1v) is 6.72. The van der Waals surface area contributed by atoms with Gasteiger partial charge in [-0.25, -0.2) is 9.59 Å². The van der Waals surface area contributed by atoms with Gasteiger partial charge in [-0.2, -0.15) is 0 Å². The molecule has 0 heterocycles. The maximum atomic E-state index is 11.7. The van der Waals surface area contributed by atoms with Crippen molar-refractivity contribution in [2.75, 3.05) is 10.1 Å². The van der Waals surface area contributed by atoms with E-state index in [4.69, 9.17) is 9.68 Å². The maximum absolute atomic E-state index is 11.7. The van der Waals surface area contributed by atoms with Crippen LogP contribution in [0.5, 0.6) is 0 Å². The molecule has 0 aliphatic heterocycles. The second kappa shape index (κ2) is 7.39. The summed E-state index contributed by atoms with van der Waals surface area (Å²) in [6, 6.07) is 4.54. The predicted molar refractivity (Wildman–Crippen MR) is 81.0 cm³/mol. The Bertz CT molecular complexity index is 655. The highest BCUT2D eigenvalue weighted by Gasteiger charge is 2.22. The van der Waals surface area contributed by atoms with Crippen LogP contribution < -0.4 is 10.1 Å². The van der Waals surface area contributed by atoms with Crippen molar-refractivity contribution in [2.24, 2.45) is 0 Å². The highest BCUT2D eigenvalue weighted by atomic mass is 16.7. The molecule has 0 aliphatic rings. The van der Waals surface area contributed by atoms with Gasteiger partial charge in [0, 0.05) is 27.7 Å². The number of anilines is 2. The Balaban J connectivity index is 3.34. The van der Waals surface area contributed by atoms with Crippen molar-refractivity contribution in [1.82, 2.24) is 0 Å². The van der Waals surface area contributed by atoms with Crippen LogP contribution in [0.1, 0.15) is 33.3 Å². The second-order valence-corrected chi connectivity index (χ2v) is 4.76. The summed E-state index contributed by atoms with van der Waals surface area (Å²) in [4.78, 5) is 55.4. The van der Waals surface area contributed by atoms with Gasteiger partial charge in [0.2, 0.25) is 0 Å². The molecular formula is C15H18N2O6. The molecule has 8 nitrogen and oxygen atoms in total. The molecule has 8 heteroatoms. The van der Waals surface area contributed by atoms with Crippen LogP contribution in [0.2, 0.25) is 0 Å². The summed E-state index contributed by atoms with van der Waals surface area (Å²) in [6.07, 6.45) is 0. The number of carbonyl (C=O) groups is 4. The van der Waals surface area contributed by atoms with Crippen molar-refractivity contribution in [2.45, 2.75) is 34.6 Å². The molecule has 0 radical (unpaired) electrons. The van der Waals surface area contributed by atoms with Gasteiger partial charge in [0.05, 0.1) is 11.4 Å². The monoisotopic (exact) mass is 322 g/mol. The van der Waals surface area contributed by atoms with E-state index >= 15 is 0 Å².